The van der Waals surface area contributed by atoms with Gasteiger partial charge in [-0.05, 0) is 31.2 Å². The van der Waals surface area contributed by atoms with Crippen LogP contribution in [0.25, 0.3) is 0 Å². The van der Waals surface area contributed by atoms with Gasteiger partial charge in [0, 0.05) is 28.8 Å². The molecule has 1 atom stereocenters. The number of anilines is 2. The quantitative estimate of drug-likeness (QED) is 0.781. The molecule has 0 fully saturated rings. The van der Waals surface area contributed by atoms with Crippen molar-refractivity contribution < 1.29 is 9.53 Å². The van der Waals surface area contributed by atoms with Crippen LogP contribution in [0.15, 0.2) is 52.3 Å². The van der Waals surface area contributed by atoms with Crippen LogP contribution in [0.1, 0.15) is 25.5 Å². The van der Waals surface area contributed by atoms with E-state index in [-0.39, 0.29) is 0 Å². The molecule has 1 aliphatic rings. The third-order valence-corrected chi connectivity index (χ3v) is 4.78. The molecule has 0 amide bonds. The van der Waals surface area contributed by atoms with Crippen LogP contribution in [0.2, 0.25) is 0 Å². The highest BCUT2D eigenvalue weighted by Gasteiger charge is 2.24. The van der Waals surface area contributed by atoms with Gasteiger partial charge in [0.05, 0.1) is 11.4 Å². The molecule has 0 spiro atoms. The molecule has 116 valence electrons. The normalized spacial score (nSPS) is 13.5. The van der Waals surface area contributed by atoms with Crippen molar-refractivity contribution in [3.8, 4) is 6.07 Å². The van der Waals surface area contributed by atoms with E-state index in [1.807, 2.05) is 36.4 Å². The molecule has 1 aliphatic heterocycles. The Morgan fingerprint density at radius 2 is 2.00 bits per heavy atom. The molecule has 5 heteroatoms. The molecule has 0 aliphatic carbocycles. The third-order valence-electron chi connectivity index (χ3n) is 3.67. The van der Waals surface area contributed by atoms with Gasteiger partial charge >= 0.3 is 5.97 Å². The number of hydrogen-bond donors (Lipinski definition) is 0. The number of carbonyl (C=O) groups excluding carboxylic acids is 1. The predicted octanol–water partition coefficient (Wildman–Crippen LogP) is 4.44. The first kappa shape index (κ1) is 15.4. The van der Waals surface area contributed by atoms with Crippen LogP contribution in [0.4, 0.5) is 11.4 Å². The minimum Gasteiger partial charge on any atom is -0.442 e. The smallest absolute Gasteiger partial charge is 0.304 e. The third kappa shape index (κ3) is 2.90. The summed E-state index contributed by atoms with van der Waals surface area (Å²) in [6.07, 6.45) is -0.870. The molecule has 2 aromatic rings. The lowest BCUT2D eigenvalue weighted by atomic mass is 10.1. The zero-order valence-electron chi connectivity index (χ0n) is 12.9. The summed E-state index contributed by atoms with van der Waals surface area (Å²) in [5, 5.41) is 9.24. The lowest BCUT2D eigenvalue weighted by Crippen LogP contribution is -2.20. The minimum absolute atomic E-state index is 0.456. The molecule has 0 radical (unpaired) electrons. The van der Waals surface area contributed by atoms with Gasteiger partial charge in [-0.1, -0.05) is 30.0 Å². The van der Waals surface area contributed by atoms with Crippen LogP contribution in [-0.4, -0.2) is 12.5 Å². The van der Waals surface area contributed by atoms with E-state index < -0.39 is 12.1 Å². The first-order valence-corrected chi connectivity index (χ1v) is 8.21. The first-order valence-electron chi connectivity index (χ1n) is 7.39. The van der Waals surface area contributed by atoms with E-state index in [4.69, 9.17) is 4.74 Å². The van der Waals surface area contributed by atoms with Crippen molar-refractivity contribution in [1.29, 1.82) is 5.26 Å². The van der Waals surface area contributed by atoms with Crippen molar-refractivity contribution in [1.82, 2.24) is 0 Å². The molecule has 3 rings (SSSR count). The zero-order valence-corrected chi connectivity index (χ0v) is 13.8. The number of carbonyl (C=O) groups is 1. The van der Waals surface area contributed by atoms with Crippen LogP contribution >= 0.6 is 11.8 Å². The summed E-state index contributed by atoms with van der Waals surface area (Å²) in [7, 11) is 0. The van der Waals surface area contributed by atoms with Gasteiger partial charge in [-0.3, -0.25) is 4.79 Å². The topological polar surface area (TPSA) is 53.3 Å². The number of para-hydroxylation sites is 1. The van der Waals surface area contributed by atoms with Gasteiger partial charge in [0.15, 0.2) is 0 Å². The van der Waals surface area contributed by atoms with Crippen molar-refractivity contribution in [2.45, 2.75) is 29.7 Å². The molecule has 0 bridgehead atoms. The van der Waals surface area contributed by atoms with Gasteiger partial charge in [0.2, 0.25) is 6.10 Å². The van der Waals surface area contributed by atoms with Crippen molar-refractivity contribution in [3.05, 3.63) is 48.0 Å². The Balaban J connectivity index is 2.02. The largest absolute Gasteiger partial charge is 0.442 e. The maximum absolute atomic E-state index is 11.2. The molecular weight excluding hydrogens is 308 g/mol. The minimum atomic E-state index is -0.870. The van der Waals surface area contributed by atoms with E-state index in [2.05, 4.69) is 24.0 Å². The van der Waals surface area contributed by atoms with Gasteiger partial charge in [0.25, 0.3) is 0 Å². The summed E-state index contributed by atoms with van der Waals surface area (Å²) < 4.78 is 5.08. The van der Waals surface area contributed by atoms with Crippen molar-refractivity contribution in [2.24, 2.45) is 0 Å². The number of fused-ring (bicyclic) bond motifs is 2. The summed E-state index contributed by atoms with van der Waals surface area (Å²) in [5.74, 6) is -0.456. The molecule has 2 aromatic carbocycles. The zero-order chi connectivity index (χ0) is 16.4. The fraction of sp³-hybridized carbons (Fsp3) is 0.222. The summed E-state index contributed by atoms with van der Waals surface area (Å²) >= 11 is 1.67. The van der Waals surface area contributed by atoms with Gasteiger partial charge in [0.1, 0.15) is 6.07 Å². The molecule has 0 unspecified atom stereocenters. The number of rotatable bonds is 3. The van der Waals surface area contributed by atoms with Crippen LogP contribution < -0.4 is 4.90 Å². The van der Waals surface area contributed by atoms with E-state index in [9.17, 15) is 10.1 Å². The average Bonchev–Trinajstić information content (AvgIpc) is 2.56. The molecular formula is C18H16N2O2S. The summed E-state index contributed by atoms with van der Waals surface area (Å²) in [5.41, 5.74) is 3.00. The van der Waals surface area contributed by atoms with Gasteiger partial charge in [-0.25, -0.2) is 0 Å². The number of nitriles is 1. The van der Waals surface area contributed by atoms with E-state index in [0.29, 0.717) is 5.56 Å². The maximum atomic E-state index is 11.2. The Bertz CT molecular complexity index is 798. The van der Waals surface area contributed by atoms with Gasteiger partial charge in [-0.2, -0.15) is 5.26 Å². The Morgan fingerprint density at radius 1 is 1.26 bits per heavy atom. The fourth-order valence-corrected chi connectivity index (χ4v) is 3.83. The highest BCUT2D eigenvalue weighted by Crippen LogP contribution is 2.48. The Kier molecular flexibility index (Phi) is 4.26. The van der Waals surface area contributed by atoms with Crippen molar-refractivity contribution in [2.75, 3.05) is 11.4 Å². The second-order valence-electron chi connectivity index (χ2n) is 5.16. The highest BCUT2D eigenvalue weighted by molar-refractivity contribution is 7.99. The van der Waals surface area contributed by atoms with Crippen LogP contribution in [0.5, 0.6) is 0 Å². The average molecular weight is 324 g/mol. The van der Waals surface area contributed by atoms with Crippen molar-refractivity contribution >= 4 is 29.1 Å². The van der Waals surface area contributed by atoms with E-state index >= 15 is 0 Å². The van der Waals surface area contributed by atoms with Gasteiger partial charge < -0.3 is 9.64 Å². The summed E-state index contributed by atoms with van der Waals surface area (Å²) in [4.78, 5) is 15.6. The SMILES string of the molecule is CCN1c2ccccc2Sc2cc([C@@H](C#N)OC(C)=O)ccc21. The molecule has 0 saturated heterocycles. The molecule has 1 heterocycles. The Morgan fingerprint density at radius 3 is 2.70 bits per heavy atom. The molecule has 0 N–H and O–H groups in total. The second-order valence-corrected chi connectivity index (χ2v) is 6.24. The number of nitrogens with zero attached hydrogens (tertiary/aromatic N) is 2. The monoisotopic (exact) mass is 324 g/mol. The second kappa shape index (κ2) is 6.35. The first-order chi connectivity index (χ1) is 11.1. The van der Waals surface area contributed by atoms with Crippen LogP contribution in [-0.2, 0) is 9.53 Å². The standard InChI is InChI=1S/C18H16N2O2S/c1-3-20-14-6-4-5-7-17(14)23-18-10-13(8-9-15(18)20)16(11-19)22-12(2)21/h4-10,16H,3H2,1-2H3/t16-/m1/s1. The Hall–Kier alpha value is -2.45. The van der Waals surface area contributed by atoms with Gasteiger partial charge in [-0.15, -0.1) is 0 Å². The highest BCUT2D eigenvalue weighted by atomic mass is 32.2. The molecule has 0 saturated carbocycles. The van der Waals surface area contributed by atoms with E-state index in [0.717, 1.165) is 17.1 Å². The number of ether oxygens (including phenoxy) is 1. The van der Waals surface area contributed by atoms with Crippen molar-refractivity contribution in [3.63, 3.8) is 0 Å². The number of esters is 1. The number of benzene rings is 2. The molecule has 0 aromatic heterocycles. The number of hydrogen-bond acceptors (Lipinski definition) is 5. The fourth-order valence-electron chi connectivity index (χ4n) is 2.69. The van der Waals surface area contributed by atoms with Crippen LogP contribution in [0, 0.1) is 11.3 Å². The van der Waals surface area contributed by atoms with Crippen LogP contribution in [0.3, 0.4) is 0 Å². The predicted molar refractivity (Wildman–Crippen MR) is 89.8 cm³/mol. The molecule has 23 heavy (non-hydrogen) atoms. The summed E-state index contributed by atoms with van der Waals surface area (Å²) in [6, 6.07) is 16.1. The maximum Gasteiger partial charge on any atom is 0.304 e. The lowest BCUT2D eigenvalue weighted by molar-refractivity contribution is -0.144. The Labute approximate surface area is 139 Å². The van der Waals surface area contributed by atoms with E-state index in [1.54, 1.807) is 11.8 Å². The van der Waals surface area contributed by atoms with E-state index in [1.165, 1.54) is 17.5 Å². The lowest BCUT2D eigenvalue weighted by Gasteiger charge is -2.32. The molecule has 4 nitrogen and oxygen atoms in total. The summed E-state index contributed by atoms with van der Waals surface area (Å²) in [6.45, 7) is 4.28.